The Kier molecular flexibility index (Phi) is 4.15. The van der Waals surface area contributed by atoms with Crippen LogP contribution in [0.4, 0.5) is 0 Å². The number of nitrogens with one attached hydrogen (secondary N) is 1. The van der Waals surface area contributed by atoms with Crippen LogP contribution in [-0.2, 0) is 14.1 Å². The molecule has 140 valence electrons. The summed E-state index contributed by atoms with van der Waals surface area (Å²) in [6.07, 6.45) is 4.21. The molecule has 0 atom stereocenters. The number of aryl methyl sites for hydroxylation is 1. The second kappa shape index (κ2) is 6.66. The highest BCUT2D eigenvalue weighted by molar-refractivity contribution is 6.30. The number of imidazole rings is 1. The van der Waals surface area contributed by atoms with E-state index in [1.807, 2.05) is 24.3 Å². The number of carbonyl (C=O) groups excluding carboxylic acids is 1. The molecule has 0 saturated heterocycles. The Hall–Kier alpha value is -3.94. The molecule has 0 aliphatic rings. The van der Waals surface area contributed by atoms with Crippen molar-refractivity contribution in [2.24, 2.45) is 14.1 Å². The van der Waals surface area contributed by atoms with Crippen molar-refractivity contribution in [1.29, 1.82) is 0 Å². The lowest BCUT2D eigenvalue weighted by Crippen LogP contribution is -2.37. The van der Waals surface area contributed by atoms with Gasteiger partial charge in [-0.2, -0.15) is 0 Å². The van der Waals surface area contributed by atoms with Crippen molar-refractivity contribution >= 4 is 28.5 Å². The molecule has 1 N–H and O–H groups in total. The van der Waals surface area contributed by atoms with Gasteiger partial charge >= 0.3 is 5.69 Å². The topological polar surface area (TPSA) is 103 Å². The van der Waals surface area contributed by atoms with E-state index in [2.05, 4.69) is 9.97 Å². The average molecular weight is 376 g/mol. The average Bonchev–Trinajstić information content (AvgIpc) is 3.37. The van der Waals surface area contributed by atoms with Crippen LogP contribution in [0.2, 0.25) is 0 Å². The highest BCUT2D eigenvalue weighted by atomic mass is 16.3. The van der Waals surface area contributed by atoms with E-state index in [9.17, 15) is 14.4 Å². The van der Waals surface area contributed by atoms with Crippen LogP contribution in [0.1, 0.15) is 21.9 Å². The molecule has 3 aromatic heterocycles. The standard InChI is InChI=1S/C20H16N4O4/c1-23-11-12(19(26)24(2)20(23)27)10-13(17(25)16-8-5-9-28-16)18-21-14-6-3-4-7-15(14)22-18/h3-11H,1-2H3,(H,21,22)/b13-10-. The normalized spacial score (nSPS) is 11.9. The summed E-state index contributed by atoms with van der Waals surface area (Å²) >= 11 is 0. The number of hydrogen-bond donors (Lipinski definition) is 1. The van der Waals surface area contributed by atoms with Crippen molar-refractivity contribution in [3.05, 3.63) is 86.8 Å². The van der Waals surface area contributed by atoms with E-state index in [0.717, 1.165) is 10.1 Å². The number of ketones is 1. The molecule has 8 nitrogen and oxygen atoms in total. The molecule has 0 bridgehead atoms. The Balaban J connectivity index is 1.96. The van der Waals surface area contributed by atoms with Crippen LogP contribution in [0.3, 0.4) is 0 Å². The van der Waals surface area contributed by atoms with Crippen molar-refractivity contribution in [3.63, 3.8) is 0 Å². The van der Waals surface area contributed by atoms with Crippen LogP contribution in [0.5, 0.6) is 0 Å². The quantitative estimate of drug-likeness (QED) is 0.433. The van der Waals surface area contributed by atoms with Gasteiger partial charge in [0.05, 0.1) is 28.4 Å². The van der Waals surface area contributed by atoms with Gasteiger partial charge in [-0.15, -0.1) is 0 Å². The van der Waals surface area contributed by atoms with Crippen molar-refractivity contribution in [2.75, 3.05) is 0 Å². The van der Waals surface area contributed by atoms with E-state index in [-0.39, 0.29) is 16.9 Å². The molecule has 28 heavy (non-hydrogen) atoms. The van der Waals surface area contributed by atoms with Gasteiger partial charge in [-0.1, -0.05) is 12.1 Å². The number of benzene rings is 1. The zero-order valence-electron chi connectivity index (χ0n) is 15.2. The molecule has 4 rings (SSSR count). The number of Topliss-reactive ketones (excluding diaryl/α,β-unsaturated/α-hetero) is 1. The number of nitrogens with zero attached hydrogens (tertiary/aromatic N) is 3. The number of fused-ring (bicyclic) bond motifs is 1. The van der Waals surface area contributed by atoms with Crippen LogP contribution in [-0.4, -0.2) is 24.9 Å². The summed E-state index contributed by atoms with van der Waals surface area (Å²) < 4.78 is 7.50. The molecule has 4 aromatic rings. The zero-order valence-corrected chi connectivity index (χ0v) is 15.2. The lowest BCUT2D eigenvalue weighted by molar-refractivity contribution is 0.103. The van der Waals surface area contributed by atoms with Crippen molar-refractivity contribution < 1.29 is 9.21 Å². The third-order valence-electron chi connectivity index (χ3n) is 4.41. The fourth-order valence-corrected chi connectivity index (χ4v) is 2.95. The highest BCUT2D eigenvalue weighted by Crippen LogP contribution is 2.23. The van der Waals surface area contributed by atoms with E-state index in [1.54, 1.807) is 6.07 Å². The molecule has 0 aliphatic carbocycles. The van der Waals surface area contributed by atoms with Gasteiger partial charge in [0.1, 0.15) is 5.82 Å². The molecule has 0 spiro atoms. The van der Waals surface area contributed by atoms with Crippen LogP contribution < -0.4 is 11.2 Å². The first-order valence-electron chi connectivity index (χ1n) is 8.47. The summed E-state index contributed by atoms with van der Waals surface area (Å²) in [7, 11) is 2.92. The molecule has 1 aromatic carbocycles. The van der Waals surface area contributed by atoms with Crippen molar-refractivity contribution in [2.45, 2.75) is 0 Å². The minimum atomic E-state index is -0.510. The third-order valence-corrected chi connectivity index (χ3v) is 4.41. The molecule has 8 heteroatoms. The van der Waals surface area contributed by atoms with E-state index >= 15 is 0 Å². The number of furan rings is 1. The number of aromatic amines is 1. The van der Waals surface area contributed by atoms with E-state index in [1.165, 1.54) is 43.3 Å². The summed E-state index contributed by atoms with van der Waals surface area (Å²) in [5.74, 6) is -0.00758. The minimum absolute atomic E-state index is 0.119. The van der Waals surface area contributed by atoms with Gasteiger partial charge in [0, 0.05) is 20.3 Å². The zero-order chi connectivity index (χ0) is 19.8. The number of aromatic nitrogens is 4. The van der Waals surface area contributed by atoms with Gasteiger partial charge in [-0.25, -0.2) is 9.78 Å². The first-order chi connectivity index (χ1) is 13.5. The van der Waals surface area contributed by atoms with Crippen LogP contribution >= 0.6 is 0 Å². The Morgan fingerprint density at radius 3 is 2.64 bits per heavy atom. The number of carbonyl (C=O) groups is 1. The fraction of sp³-hybridized carbons (Fsp3) is 0.100. The highest BCUT2D eigenvalue weighted by Gasteiger charge is 2.21. The number of H-pyrrole nitrogens is 1. The molecular formula is C20H16N4O4. The summed E-state index contributed by atoms with van der Waals surface area (Å²) in [5, 5.41) is 0. The Morgan fingerprint density at radius 2 is 1.93 bits per heavy atom. The molecule has 0 radical (unpaired) electrons. The molecule has 0 fully saturated rings. The number of hydrogen-bond acceptors (Lipinski definition) is 5. The second-order valence-corrected chi connectivity index (χ2v) is 6.31. The largest absolute Gasteiger partial charge is 0.461 e. The van der Waals surface area contributed by atoms with Crippen LogP contribution in [0, 0.1) is 0 Å². The maximum absolute atomic E-state index is 13.0. The van der Waals surface area contributed by atoms with E-state index in [4.69, 9.17) is 4.42 Å². The summed E-state index contributed by atoms with van der Waals surface area (Å²) in [5.41, 5.74) is 0.809. The van der Waals surface area contributed by atoms with Gasteiger partial charge in [0.25, 0.3) is 5.56 Å². The monoisotopic (exact) mass is 376 g/mol. The Labute approximate surface area is 158 Å². The molecule has 0 amide bonds. The predicted molar refractivity (Wildman–Crippen MR) is 104 cm³/mol. The van der Waals surface area contributed by atoms with Gasteiger partial charge < -0.3 is 14.0 Å². The minimum Gasteiger partial charge on any atom is -0.461 e. The molecule has 3 heterocycles. The van der Waals surface area contributed by atoms with Gasteiger partial charge in [0.15, 0.2) is 5.76 Å². The first-order valence-corrected chi connectivity index (χ1v) is 8.47. The summed E-state index contributed by atoms with van der Waals surface area (Å²) in [6, 6.07) is 10.5. The first kappa shape index (κ1) is 17.5. The third kappa shape index (κ3) is 2.90. The smallest absolute Gasteiger partial charge is 0.330 e. The van der Waals surface area contributed by atoms with Crippen molar-refractivity contribution in [3.8, 4) is 0 Å². The van der Waals surface area contributed by atoms with Gasteiger partial charge in [-0.05, 0) is 30.3 Å². The van der Waals surface area contributed by atoms with Crippen LogP contribution in [0.15, 0.2) is 62.9 Å². The maximum atomic E-state index is 13.0. The Morgan fingerprint density at radius 1 is 1.14 bits per heavy atom. The van der Waals surface area contributed by atoms with Gasteiger partial charge in [-0.3, -0.25) is 14.2 Å². The SMILES string of the molecule is Cn1cc(/C=C(/C(=O)c2ccco2)c2nc3ccccc3[nH]2)c(=O)n(C)c1=O. The predicted octanol–water partition coefficient (Wildman–Crippen LogP) is 1.98. The lowest BCUT2D eigenvalue weighted by Gasteiger charge is -2.06. The van der Waals surface area contributed by atoms with Gasteiger partial charge in [0.2, 0.25) is 5.78 Å². The van der Waals surface area contributed by atoms with E-state index in [0.29, 0.717) is 11.3 Å². The van der Waals surface area contributed by atoms with E-state index < -0.39 is 17.0 Å². The Bertz CT molecular complexity index is 1300. The lowest BCUT2D eigenvalue weighted by atomic mass is 10.1. The summed E-state index contributed by atoms with van der Waals surface area (Å²) in [6.45, 7) is 0. The number of allylic oxidation sites excluding steroid dienone is 1. The molecule has 0 saturated carbocycles. The second-order valence-electron chi connectivity index (χ2n) is 6.31. The van der Waals surface area contributed by atoms with Crippen LogP contribution in [0.25, 0.3) is 22.7 Å². The maximum Gasteiger partial charge on any atom is 0.330 e. The van der Waals surface area contributed by atoms with Crippen molar-refractivity contribution in [1.82, 2.24) is 19.1 Å². The summed E-state index contributed by atoms with van der Waals surface area (Å²) in [4.78, 5) is 45.1. The molecular weight excluding hydrogens is 360 g/mol. The fourth-order valence-electron chi connectivity index (χ4n) is 2.95. The number of para-hydroxylation sites is 2. The molecule has 0 unspecified atom stereocenters. The molecule has 0 aliphatic heterocycles. The number of rotatable bonds is 4.